The zero-order chi connectivity index (χ0) is 24.2. The van der Waals surface area contributed by atoms with E-state index >= 15 is 0 Å². The van der Waals surface area contributed by atoms with Crippen molar-refractivity contribution in [3.8, 4) is 11.5 Å². The second-order valence-electron chi connectivity index (χ2n) is 7.33. The number of para-hydroxylation sites is 2. The summed E-state index contributed by atoms with van der Waals surface area (Å²) in [7, 11) is -2.71. The minimum absolute atomic E-state index is 0.0855. The molecule has 2 amide bonds. The molecule has 1 atom stereocenters. The molecule has 2 aromatic carbocycles. The van der Waals surface area contributed by atoms with Gasteiger partial charge in [-0.05, 0) is 37.3 Å². The van der Waals surface area contributed by atoms with Crippen LogP contribution in [0.3, 0.4) is 0 Å². The third-order valence-corrected chi connectivity index (χ3v) is 7.08. The number of fused-ring (bicyclic) bond motifs is 1. The van der Waals surface area contributed by atoms with Gasteiger partial charge in [-0.2, -0.15) is 0 Å². The van der Waals surface area contributed by atoms with Crippen molar-refractivity contribution in [2.24, 2.45) is 0 Å². The van der Waals surface area contributed by atoms with Crippen molar-refractivity contribution < 1.29 is 32.3 Å². The minimum Gasteiger partial charge on any atom is -0.495 e. The van der Waals surface area contributed by atoms with E-state index in [2.05, 4.69) is 11.9 Å². The van der Waals surface area contributed by atoms with E-state index in [0.29, 0.717) is 22.9 Å². The Labute approximate surface area is 191 Å². The Morgan fingerprint density at radius 3 is 2.70 bits per heavy atom. The van der Waals surface area contributed by atoms with Crippen LogP contribution >= 0.6 is 0 Å². The molecule has 10 heteroatoms. The standard InChI is InChI=1S/C23H24N2O7S/c1-4-11-25-18-12-16(9-10-20(18)32-13-22(25)27)23(28)15(2)33(29,30)14-21(26)24-17-7-5-6-8-19(17)31-3/h4-10,12,15H,1,11,13-14H2,2-3H3,(H,24,26). The number of hydrogen-bond donors (Lipinski definition) is 1. The Morgan fingerprint density at radius 2 is 2.00 bits per heavy atom. The molecule has 174 valence electrons. The summed E-state index contributed by atoms with van der Waals surface area (Å²) in [4.78, 5) is 38.9. The quantitative estimate of drug-likeness (QED) is 0.439. The maximum absolute atomic E-state index is 13.0. The first-order valence-electron chi connectivity index (χ1n) is 10.0. The molecule has 0 aromatic heterocycles. The molecule has 33 heavy (non-hydrogen) atoms. The van der Waals surface area contributed by atoms with Gasteiger partial charge >= 0.3 is 0 Å². The molecule has 1 aliphatic rings. The number of ketones is 1. The summed E-state index contributed by atoms with van der Waals surface area (Å²) in [6, 6.07) is 10.9. The number of nitrogens with one attached hydrogen (secondary N) is 1. The number of ether oxygens (including phenoxy) is 2. The summed E-state index contributed by atoms with van der Waals surface area (Å²) >= 11 is 0. The van der Waals surface area contributed by atoms with E-state index in [9.17, 15) is 22.8 Å². The van der Waals surface area contributed by atoms with Gasteiger partial charge in [-0.3, -0.25) is 14.4 Å². The monoisotopic (exact) mass is 472 g/mol. The van der Waals surface area contributed by atoms with Gasteiger partial charge in [-0.25, -0.2) is 8.42 Å². The molecule has 0 bridgehead atoms. The highest BCUT2D eigenvalue weighted by Gasteiger charge is 2.33. The summed E-state index contributed by atoms with van der Waals surface area (Å²) in [6.45, 7) is 4.93. The average molecular weight is 473 g/mol. The zero-order valence-electron chi connectivity index (χ0n) is 18.2. The topological polar surface area (TPSA) is 119 Å². The molecular weight excluding hydrogens is 448 g/mol. The predicted octanol–water partition coefficient (Wildman–Crippen LogP) is 2.23. The Kier molecular flexibility index (Phi) is 7.17. The normalized spacial score (nSPS) is 14.0. The first-order valence-corrected chi connectivity index (χ1v) is 11.8. The second kappa shape index (κ2) is 9.86. The van der Waals surface area contributed by atoms with Crippen LogP contribution in [0.25, 0.3) is 0 Å². The van der Waals surface area contributed by atoms with Crippen LogP contribution in [0, 0.1) is 0 Å². The first kappa shape index (κ1) is 24.0. The van der Waals surface area contributed by atoms with Gasteiger partial charge in [0, 0.05) is 12.1 Å². The largest absolute Gasteiger partial charge is 0.495 e. The molecule has 0 saturated heterocycles. The summed E-state index contributed by atoms with van der Waals surface area (Å²) in [5.41, 5.74) is 0.763. The molecule has 1 N–H and O–H groups in total. The lowest BCUT2D eigenvalue weighted by molar-refractivity contribution is -0.121. The first-order chi connectivity index (χ1) is 15.7. The molecule has 0 fully saturated rings. The van der Waals surface area contributed by atoms with Crippen LogP contribution in [-0.2, 0) is 19.4 Å². The number of Topliss-reactive ketones (excluding diaryl/α,β-unsaturated/α-hetero) is 1. The third kappa shape index (κ3) is 5.23. The van der Waals surface area contributed by atoms with E-state index in [0.717, 1.165) is 0 Å². The van der Waals surface area contributed by atoms with E-state index < -0.39 is 32.5 Å². The predicted molar refractivity (Wildman–Crippen MR) is 124 cm³/mol. The highest BCUT2D eigenvalue weighted by atomic mass is 32.2. The minimum atomic E-state index is -4.13. The van der Waals surface area contributed by atoms with Gasteiger partial charge in [0.2, 0.25) is 5.91 Å². The molecule has 1 unspecified atom stereocenters. The highest BCUT2D eigenvalue weighted by molar-refractivity contribution is 7.93. The van der Waals surface area contributed by atoms with Crippen molar-refractivity contribution in [2.75, 3.05) is 36.2 Å². The average Bonchev–Trinajstić information content (AvgIpc) is 2.79. The molecule has 0 spiro atoms. The van der Waals surface area contributed by atoms with Gasteiger partial charge in [-0.1, -0.05) is 18.2 Å². The van der Waals surface area contributed by atoms with Crippen molar-refractivity contribution in [1.29, 1.82) is 0 Å². The van der Waals surface area contributed by atoms with Gasteiger partial charge in [0.1, 0.15) is 22.5 Å². The van der Waals surface area contributed by atoms with E-state index in [-0.39, 0.29) is 24.6 Å². The van der Waals surface area contributed by atoms with Gasteiger partial charge in [0.15, 0.2) is 22.2 Å². The lowest BCUT2D eigenvalue weighted by Gasteiger charge is -2.29. The number of carbonyl (C=O) groups is 3. The van der Waals surface area contributed by atoms with Crippen LogP contribution in [0.1, 0.15) is 17.3 Å². The SMILES string of the molecule is C=CCN1C(=O)COc2ccc(C(=O)C(C)S(=O)(=O)CC(=O)Nc3ccccc3OC)cc21. The summed E-state index contributed by atoms with van der Waals surface area (Å²) in [6.07, 6.45) is 1.54. The Balaban J connectivity index is 1.78. The van der Waals surface area contributed by atoms with E-state index in [1.165, 1.54) is 43.2 Å². The molecule has 0 aliphatic carbocycles. The lowest BCUT2D eigenvalue weighted by Crippen LogP contribution is -2.39. The van der Waals surface area contributed by atoms with E-state index in [1.807, 2.05) is 0 Å². The van der Waals surface area contributed by atoms with E-state index in [1.54, 1.807) is 24.3 Å². The fourth-order valence-corrected chi connectivity index (χ4v) is 4.47. The molecule has 0 saturated carbocycles. The molecule has 1 aliphatic heterocycles. The van der Waals surface area contributed by atoms with Gasteiger partial charge < -0.3 is 19.7 Å². The number of amides is 2. The number of sulfone groups is 1. The highest BCUT2D eigenvalue weighted by Crippen LogP contribution is 2.33. The van der Waals surface area contributed by atoms with Crippen molar-refractivity contribution in [1.82, 2.24) is 0 Å². The lowest BCUT2D eigenvalue weighted by atomic mass is 10.1. The van der Waals surface area contributed by atoms with Gasteiger partial charge in [0.05, 0.1) is 18.5 Å². The van der Waals surface area contributed by atoms with Crippen LogP contribution < -0.4 is 19.7 Å². The van der Waals surface area contributed by atoms with Crippen molar-refractivity contribution in [3.63, 3.8) is 0 Å². The van der Waals surface area contributed by atoms with Gasteiger partial charge in [-0.15, -0.1) is 6.58 Å². The van der Waals surface area contributed by atoms with Crippen molar-refractivity contribution in [3.05, 3.63) is 60.7 Å². The third-order valence-electron chi connectivity index (χ3n) is 5.12. The summed E-state index contributed by atoms with van der Waals surface area (Å²) in [5.74, 6) is -1.89. The number of rotatable bonds is 9. The zero-order valence-corrected chi connectivity index (χ0v) is 19.1. The van der Waals surface area contributed by atoms with Crippen molar-refractivity contribution in [2.45, 2.75) is 12.2 Å². The molecular formula is C23H24N2O7S. The number of anilines is 2. The van der Waals surface area contributed by atoms with E-state index in [4.69, 9.17) is 9.47 Å². The smallest absolute Gasteiger partial charge is 0.265 e. The fraction of sp³-hybridized carbons (Fsp3) is 0.261. The second-order valence-corrected chi connectivity index (χ2v) is 9.65. The Hall–Kier alpha value is -3.66. The van der Waals surface area contributed by atoms with Gasteiger partial charge in [0.25, 0.3) is 5.91 Å². The van der Waals surface area contributed by atoms with Crippen LogP contribution in [-0.4, -0.2) is 57.3 Å². The summed E-state index contributed by atoms with van der Waals surface area (Å²) in [5, 5.41) is 1.01. The maximum atomic E-state index is 13.0. The number of benzene rings is 2. The number of hydrogen-bond acceptors (Lipinski definition) is 7. The molecule has 9 nitrogen and oxygen atoms in total. The molecule has 1 heterocycles. The van der Waals surface area contributed by atoms with Crippen LogP contribution in [0.2, 0.25) is 0 Å². The number of carbonyl (C=O) groups excluding carboxylic acids is 3. The number of nitrogens with zero attached hydrogens (tertiary/aromatic N) is 1. The maximum Gasteiger partial charge on any atom is 0.265 e. The Morgan fingerprint density at radius 1 is 1.27 bits per heavy atom. The Bertz CT molecular complexity index is 1210. The van der Waals surface area contributed by atoms with Crippen LogP contribution in [0.5, 0.6) is 11.5 Å². The van der Waals surface area contributed by atoms with Crippen LogP contribution in [0.15, 0.2) is 55.1 Å². The van der Waals surface area contributed by atoms with Crippen LogP contribution in [0.4, 0.5) is 11.4 Å². The molecule has 3 rings (SSSR count). The summed E-state index contributed by atoms with van der Waals surface area (Å²) < 4.78 is 36.1. The molecule has 0 radical (unpaired) electrons. The fourth-order valence-electron chi connectivity index (χ4n) is 3.32. The molecule has 2 aromatic rings. The van der Waals surface area contributed by atoms with Crippen molar-refractivity contribution >= 4 is 38.8 Å². The number of methoxy groups -OCH3 is 1.